The Balaban J connectivity index is 1.79. The van der Waals surface area contributed by atoms with Crippen molar-refractivity contribution in [1.29, 1.82) is 0 Å². The fraction of sp³-hybridized carbons (Fsp3) is 0.923. The van der Waals surface area contributed by atoms with E-state index in [0.717, 1.165) is 24.7 Å². The maximum atomic E-state index is 10.6. The van der Waals surface area contributed by atoms with Gasteiger partial charge in [-0.25, -0.2) is 0 Å². The lowest BCUT2D eigenvalue weighted by atomic mass is 9.36. The zero-order valence-electron chi connectivity index (χ0n) is 18.7. The highest BCUT2D eigenvalue weighted by Crippen LogP contribution is 2.75. The van der Waals surface area contributed by atoms with Crippen LogP contribution >= 0.6 is 0 Å². The zero-order valence-corrected chi connectivity index (χ0v) is 18.7. The molecule has 4 aliphatic carbocycles. The molecule has 0 heterocycles. The molecular weight excluding hydrogens is 328 g/mol. The zero-order chi connectivity index (χ0) is 19.5. The summed E-state index contributed by atoms with van der Waals surface area (Å²) in [5.74, 6) is 1.74. The number of aliphatic hydroxyl groups excluding tert-OH is 1. The van der Waals surface area contributed by atoms with E-state index in [-0.39, 0.29) is 6.10 Å². The Morgan fingerprint density at radius 3 is 2.30 bits per heavy atom. The van der Waals surface area contributed by atoms with E-state index in [1.54, 1.807) is 5.57 Å². The molecule has 154 valence electrons. The quantitative estimate of drug-likeness (QED) is 0.505. The van der Waals surface area contributed by atoms with E-state index >= 15 is 0 Å². The molecule has 1 N–H and O–H groups in total. The molecule has 6 unspecified atom stereocenters. The van der Waals surface area contributed by atoms with Gasteiger partial charge >= 0.3 is 0 Å². The van der Waals surface area contributed by atoms with Crippen molar-refractivity contribution in [2.45, 2.75) is 118 Å². The molecule has 4 rings (SSSR count). The Hall–Kier alpha value is -0.300. The van der Waals surface area contributed by atoms with Crippen LogP contribution in [0.2, 0.25) is 0 Å². The number of aliphatic hydroxyl groups is 1. The van der Waals surface area contributed by atoms with Crippen LogP contribution in [0, 0.1) is 33.5 Å². The van der Waals surface area contributed by atoms with Crippen LogP contribution in [0.3, 0.4) is 0 Å². The number of hydrogen-bond acceptors (Lipinski definition) is 1. The van der Waals surface area contributed by atoms with Gasteiger partial charge < -0.3 is 5.11 Å². The van der Waals surface area contributed by atoms with Gasteiger partial charge in [0.1, 0.15) is 0 Å². The summed E-state index contributed by atoms with van der Waals surface area (Å²) in [5.41, 5.74) is 3.68. The molecule has 7 atom stereocenters. The molecule has 4 aliphatic rings. The van der Waals surface area contributed by atoms with Gasteiger partial charge in [-0.3, -0.25) is 0 Å². The van der Waals surface area contributed by atoms with Crippen LogP contribution in [-0.2, 0) is 0 Å². The molecule has 0 amide bonds. The molecule has 27 heavy (non-hydrogen) atoms. The second-order valence-electron chi connectivity index (χ2n) is 11.3. The molecule has 4 saturated carbocycles. The lowest BCUT2D eigenvalue weighted by molar-refractivity contribution is -0.193. The second-order valence-corrected chi connectivity index (χ2v) is 11.3. The minimum Gasteiger partial charge on any atom is -0.393 e. The first-order valence-electron chi connectivity index (χ1n) is 12.2. The van der Waals surface area contributed by atoms with Gasteiger partial charge in [0.25, 0.3) is 0 Å². The van der Waals surface area contributed by atoms with Crippen LogP contribution in [0.4, 0.5) is 0 Å². The van der Waals surface area contributed by atoms with Crippen LogP contribution < -0.4 is 0 Å². The number of hydrogen-bond donors (Lipinski definition) is 1. The lowest BCUT2D eigenvalue weighted by Gasteiger charge is -2.69. The van der Waals surface area contributed by atoms with Gasteiger partial charge in [0.15, 0.2) is 0 Å². The largest absolute Gasteiger partial charge is 0.393 e. The maximum absolute atomic E-state index is 10.6. The molecule has 0 bridgehead atoms. The molecular formula is C26H44O. The van der Waals surface area contributed by atoms with Gasteiger partial charge in [0, 0.05) is 0 Å². The van der Waals surface area contributed by atoms with Gasteiger partial charge in [0.05, 0.1) is 6.10 Å². The summed E-state index contributed by atoms with van der Waals surface area (Å²) in [5, 5.41) is 10.6. The Labute approximate surface area is 168 Å². The van der Waals surface area contributed by atoms with Crippen LogP contribution in [0.25, 0.3) is 0 Å². The molecule has 0 aromatic carbocycles. The van der Waals surface area contributed by atoms with Gasteiger partial charge in [-0.2, -0.15) is 0 Å². The van der Waals surface area contributed by atoms with Crippen molar-refractivity contribution in [3.63, 3.8) is 0 Å². The lowest BCUT2D eigenvalue weighted by Crippen LogP contribution is -2.61. The van der Waals surface area contributed by atoms with E-state index in [4.69, 9.17) is 0 Å². The van der Waals surface area contributed by atoms with Gasteiger partial charge in [-0.15, -0.1) is 0 Å². The Morgan fingerprint density at radius 2 is 1.63 bits per heavy atom. The first-order valence-corrected chi connectivity index (χ1v) is 12.2. The van der Waals surface area contributed by atoms with Gasteiger partial charge in [0.2, 0.25) is 0 Å². The monoisotopic (exact) mass is 372 g/mol. The van der Waals surface area contributed by atoms with E-state index in [9.17, 15) is 5.11 Å². The van der Waals surface area contributed by atoms with Crippen LogP contribution in [0.1, 0.15) is 112 Å². The van der Waals surface area contributed by atoms with E-state index in [1.807, 2.05) is 0 Å². The Morgan fingerprint density at radius 1 is 0.889 bits per heavy atom. The Bertz CT molecular complexity index is 607. The standard InChI is InChI=1S/C26H44O/c1-6-19-9-10-21-23(19,4)14-13-22-24(21,5)17-18-25(7-2)15-11-20(27)12-16-26(22,25)8-3/h6,20-22,27H,7-18H2,1-5H3/b19-6-/t20?,21?,22?,23?,24?,25-,26?/m0/s1. The van der Waals surface area contributed by atoms with E-state index in [1.165, 1.54) is 64.2 Å². The van der Waals surface area contributed by atoms with Crippen molar-refractivity contribution in [3.8, 4) is 0 Å². The number of fused-ring (bicyclic) bond motifs is 5. The summed E-state index contributed by atoms with van der Waals surface area (Å²) in [7, 11) is 0. The molecule has 0 radical (unpaired) electrons. The fourth-order valence-corrected chi connectivity index (χ4v) is 9.72. The summed E-state index contributed by atoms with van der Waals surface area (Å²) in [6.45, 7) is 12.6. The normalized spacial score (nSPS) is 54.1. The predicted molar refractivity (Wildman–Crippen MR) is 115 cm³/mol. The summed E-state index contributed by atoms with van der Waals surface area (Å²) in [6, 6.07) is 0. The van der Waals surface area contributed by atoms with Crippen molar-refractivity contribution in [2.75, 3.05) is 0 Å². The highest BCUT2D eigenvalue weighted by Gasteiger charge is 2.67. The third-order valence-electron chi connectivity index (χ3n) is 11.2. The minimum atomic E-state index is -0.0522. The molecule has 0 aliphatic heterocycles. The highest BCUT2D eigenvalue weighted by molar-refractivity contribution is 5.26. The Kier molecular flexibility index (Phi) is 4.90. The number of allylic oxidation sites excluding steroid dienone is 2. The summed E-state index contributed by atoms with van der Waals surface area (Å²) in [4.78, 5) is 0. The highest BCUT2D eigenvalue weighted by atomic mass is 16.3. The van der Waals surface area contributed by atoms with Crippen molar-refractivity contribution >= 4 is 0 Å². The molecule has 0 spiro atoms. The second kappa shape index (κ2) is 6.61. The topological polar surface area (TPSA) is 20.2 Å². The average Bonchev–Trinajstić information content (AvgIpc) is 2.94. The van der Waals surface area contributed by atoms with Crippen molar-refractivity contribution < 1.29 is 5.11 Å². The van der Waals surface area contributed by atoms with Crippen LogP contribution in [-0.4, -0.2) is 11.2 Å². The third kappa shape index (κ3) is 2.45. The fourth-order valence-electron chi connectivity index (χ4n) is 9.72. The summed E-state index contributed by atoms with van der Waals surface area (Å²) in [6.07, 6.45) is 18.1. The molecule has 0 saturated heterocycles. The molecule has 4 fully saturated rings. The summed E-state index contributed by atoms with van der Waals surface area (Å²) >= 11 is 0. The number of rotatable bonds is 2. The van der Waals surface area contributed by atoms with E-state index < -0.39 is 0 Å². The SMILES string of the molecule is C/C=C1/CCC2C1(C)CCC1C2(C)CC[C@]2(CC)CCC(O)CCC12CC. The van der Waals surface area contributed by atoms with Gasteiger partial charge in [-0.05, 0) is 117 Å². The maximum Gasteiger partial charge on any atom is 0.0540 e. The summed E-state index contributed by atoms with van der Waals surface area (Å²) < 4.78 is 0. The smallest absolute Gasteiger partial charge is 0.0540 e. The van der Waals surface area contributed by atoms with E-state index in [0.29, 0.717) is 21.7 Å². The van der Waals surface area contributed by atoms with Crippen LogP contribution in [0.15, 0.2) is 11.6 Å². The van der Waals surface area contributed by atoms with E-state index in [2.05, 4.69) is 40.7 Å². The first kappa shape index (κ1) is 20.0. The average molecular weight is 373 g/mol. The van der Waals surface area contributed by atoms with Gasteiger partial charge in [-0.1, -0.05) is 39.3 Å². The molecule has 1 nitrogen and oxygen atoms in total. The molecule has 0 aromatic heterocycles. The molecule has 1 heteroatoms. The van der Waals surface area contributed by atoms with Crippen molar-refractivity contribution in [1.82, 2.24) is 0 Å². The predicted octanol–water partition coefficient (Wildman–Crippen LogP) is 7.29. The third-order valence-corrected chi connectivity index (χ3v) is 11.2. The van der Waals surface area contributed by atoms with Crippen molar-refractivity contribution in [3.05, 3.63) is 11.6 Å². The van der Waals surface area contributed by atoms with Crippen molar-refractivity contribution in [2.24, 2.45) is 33.5 Å². The minimum absolute atomic E-state index is 0.0522. The first-order chi connectivity index (χ1) is 12.8. The molecule has 0 aromatic rings. The van der Waals surface area contributed by atoms with Crippen LogP contribution in [0.5, 0.6) is 0 Å².